The number of nitrogens with one attached hydrogen (secondary N) is 1. The van der Waals surface area contributed by atoms with Crippen molar-refractivity contribution in [2.24, 2.45) is 5.73 Å². The third-order valence-corrected chi connectivity index (χ3v) is 5.21. The molecule has 2 atom stereocenters. The second-order valence-electron chi connectivity index (χ2n) is 8.15. The van der Waals surface area contributed by atoms with Gasteiger partial charge >= 0.3 is 11.9 Å². The molecule has 7 heteroatoms. The molecule has 0 aliphatic rings. The zero-order chi connectivity index (χ0) is 22.6. The molecule has 0 aliphatic carbocycles. The first-order valence-electron chi connectivity index (χ1n) is 11.8. The Morgan fingerprint density at radius 1 is 0.867 bits per heavy atom. The van der Waals surface area contributed by atoms with Gasteiger partial charge in [-0.1, -0.05) is 71.1 Å². The fourth-order valence-electron chi connectivity index (χ4n) is 3.51. The number of esters is 1. The number of carbonyl (C=O) groups excluding carboxylic acids is 2. The Labute approximate surface area is 182 Å². The predicted octanol–water partition coefficient (Wildman–Crippen LogP) is 4.32. The Morgan fingerprint density at radius 2 is 1.40 bits per heavy atom. The normalized spacial score (nSPS) is 12.9. The fourth-order valence-corrected chi connectivity index (χ4v) is 3.51. The van der Waals surface area contributed by atoms with Gasteiger partial charge in [0.05, 0.1) is 6.42 Å². The first-order valence-corrected chi connectivity index (χ1v) is 11.8. The Bertz CT molecular complexity index is 471. The molecule has 0 rings (SSSR count). The van der Waals surface area contributed by atoms with Crippen molar-refractivity contribution in [3.05, 3.63) is 0 Å². The van der Waals surface area contributed by atoms with Crippen molar-refractivity contribution in [2.75, 3.05) is 6.54 Å². The Kier molecular flexibility index (Phi) is 18.3. The summed E-state index contributed by atoms with van der Waals surface area (Å²) in [7, 11) is 0. The minimum Gasteiger partial charge on any atom is -0.480 e. The summed E-state index contributed by atoms with van der Waals surface area (Å²) < 4.78 is 5.27. The zero-order valence-electron chi connectivity index (χ0n) is 19.1. The van der Waals surface area contributed by atoms with E-state index in [1.807, 2.05) is 0 Å². The van der Waals surface area contributed by atoms with Gasteiger partial charge in [0.2, 0.25) is 5.91 Å². The van der Waals surface area contributed by atoms with Gasteiger partial charge in [0.15, 0.2) is 0 Å². The monoisotopic (exact) mass is 428 g/mol. The van der Waals surface area contributed by atoms with Crippen molar-refractivity contribution in [3.8, 4) is 0 Å². The highest BCUT2D eigenvalue weighted by atomic mass is 16.5. The molecule has 0 saturated carbocycles. The molecule has 0 aliphatic heterocycles. The summed E-state index contributed by atoms with van der Waals surface area (Å²) in [5, 5.41) is 11.7. The number of aliphatic carboxylic acids is 1. The van der Waals surface area contributed by atoms with Crippen LogP contribution < -0.4 is 11.1 Å². The molecule has 1 amide bonds. The number of rotatable bonds is 20. The second kappa shape index (κ2) is 19.3. The Balaban J connectivity index is 4.08. The third kappa shape index (κ3) is 17.2. The molecule has 0 bridgehead atoms. The van der Waals surface area contributed by atoms with Crippen LogP contribution in [0.15, 0.2) is 0 Å². The van der Waals surface area contributed by atoms with Crippen LogP contribution in [0, 0.1) is 0 Å². The van der Waals surface area contributed by atoms with Crippen LogP contribution in [0.1, 0.15) is 110 Å². The van der Waals surface area contributed by atoms with Crippen LogP contribution in [0.2, 0.25) is 0 Å². The van der Waals surface area contributed by atoms with E-state index in [0.29, 0.717) is 19.4 Å². The molecule has 7 nitrogen and oxygen atoms in total. The maximum atomic E-state index is 12.2. The quantitative estimate of drug-likeness (QED) is 0.196. The van der Waals surface area contributed by atoms with Crippen molar-refractivity contribution in [1.82, 2.24) is 5.32 Å². The molecule has 0 aromatic carbocycles. The lowest BCUT2D eigenvalue weighted by molar-refractivity contribution is -0.149. The molecule has 4 N–H and O–H groups in total. The molecule has 0 unspecified atom stereocenters. The van der Waals surface area contributed by atoms with E-state index in [2.05, 4.69) is 12.2 Å². The molecule has 0 aromatic heterocycles. The van der Waals surface area contributed by atoms with E-state index >= 15 is 0 Å². The summed E-state index contributed by atoms with van der Waals surface area (Å²) in [4.78, 5) is 34.8. The van der Waals surface area contributed by atoms with Crippen molar-refractivity contribution >= 4 is 17.8 Å². The molecule has 176 valence electrons. The lowest BCUT2D eigenvalue weighted by Crippen LogP contribution is -2.42. The largest absolute Gasteiger partial charge is 0.480 e. The van der Waals surface area contributed by atoms with Crippen molar-refractivity contribution in [3.63, 3.8) is 0 Å². The Morgan fingerprint density at radius 3 is 1.87 bits per heavy atom. The number of hydrogen-bond donors (Lipinski definition) is 3. The number of nitrogens with two attached hydrogens (primary N) is 1. The molecule has 0 spiro atoms. The van der Waals surface area contributed by atoms with Gasteiger partial charge in [0.25, 0.3) is 0 Å². The van der Waals surface area contributed by atoms with Crippen LogP contribution >= 0.6 is 0 Å². The van der Waals surface area contributed by atoms with Gasteiger partial charge in [-0.15, -0.1) is 0 Å². The molecular weight excluding hydrogens is 384 g/mol. The number of unbranched alkanes of at least 4 members (excludes halogenated alkanes) is 10. The van der Waals surface area contributed by atoms with Gasteiger partial charge < -0.3 is 20.9 Å². The number of hydrogen-bond acceptors (Lipinski definition) is 5. The SMILES string of the molecule is CCCCCCCCCCCCC[C@H](CC(=O)N[C@@H](CCCN)C(=O)O)OC(C)=O. The van der Waals surface area contributed by atoms with Gasteiger partial charge in [-0.05, 0) is 32.2 Å². The van der Waals surface area contributed by atoms with Crippen LogP contribution in [0.3, 0.4) is 0 Å². The van der Waals surface area contributed by atoms with Crippen molar-refractivity contribution < 1.29 is 24.2 Å². The molecule has 0 aromatic rings. The van der Waals surface area contributed by atoms with Gasteiger partial charge in [0.1, 0.15) is 12.1 Å². The molecule has 0 heterocycles. The topological polar surface area (TPSA) is 119 Å². The van der Waals surface area contributed by atoms with Crippen molar-refractivity contribution in [2.45, 2.75) is 122 Å². The van der Waals surface area contributed by atoms with E-state index in [-0.39, 0.29) is 12.8 Å². The van der Waals surface area contributed by atoms with Crippen molar-refractivity contribution in [1.29, 1.82) is 0 Å². The maximum Gasteiger partial charge on any atom is 0.326 e. The summed E-state index contributed by atoms with van der Waals surface area (Å²) in [5.41, 5.74) is 5.41. The van der Waals surface area contributed by atoms with E-state index in [1.165, 1.54) is 58.3 Å². The number of ether oxygens (including phenoxy) is 1. The van der Waals surface area contributed by atoms with Gasteiger partial charge in [-0.2, -0.15) is 0 Å². The molecule has 0 radical (unpaired) electrons. The van der Waals surface area contributed by atoms with Gasteiger partial charge in [-0.25, -0.2) is 4.79 Å². The summed E-state index contributed by atoms with van der Waals surface area (Å²) in [6.07, 6.45) is 14.4. The third-order valence-electron chi connectivity index (χ3n) is 5.21. The average Bonchev–Trinajstić information content (AvgIpc) is 2.68. The summed E-state index contributed by atoms with van der Waals surface area (Å²) in [6.45, 7) is 3.93. The summed E-state index contributed by atoms with van der Waals surface area (Å²) >= 11 is 0. The second-order valence-corrected chi connectivity index (χ2v) is 8.15. The minimum atomic E-state index is -1.08. The van der Waals surface area contributed by atoms with Gasteiger partial charge in [0, 0.05) is 6.92 Å². The fraction of sp³-hybridized carbons (Fsp3) is 0.870. The summed E-state index contributed by atoms with van der Waals surface area (Å²) in [6, 6.07) is -0.957. The molecular formula is C23H44N2O5. The lowest BCUT2D eigenvalue weighted by atomic mass is 10.0. The first-order chi connectivity index (χ1) is 14.4. The lowest BCUT2D eigenvalue weighted by Gasteiger charge is -2.19. The number of amides is 1. The molecule has 0 fully saturated rings. The van der Waals surface area contributed by atoms with E-state index in [0.717, 1.165) is 19.3 Å². The maximum absolute atomic E-state index is 12.2. The predicted molar refractivity (Wildman–Crippen MR) is 119 cm³/mol. The van der Waals surface area contributed by atoms with Crippen LogP contribution in [-0.4, -0.2) is 41.6 Å². The highest BCUT2D eigenvalue weighted by Gasteiger charge is 2.22. The zero-order valence-corrected chi connectivity index (χ0v) is 19.1. The summed E-state index contributed by atoms with van der Waals surface area (Å²) in [5.74, 6) is -1.91. The number of carboxylic acids is 1. The highest BCUT2D eigenvalue weighted by molar-refractivity contribution is 5.83. The van der Waals surface area contributed by atoms with Crippen LogP contribution in [-0.2, 0) is 19.1 Å². The number of carbonyl (C=O) groups is 3. The van der Waals surface area contributed by atoms with E-state index in [4.69, 9.17) is 10.5 Å². The van der Waals surface area contributed by atoms with Crippen LogP contribution in [0.5, 0.6) is 0 Å². The van der Waals surface area contributed by atoms with Crippen LogP contribution in [0.25, 0.3) is 0 Å². The van der Waals surface area contributed by atoms with E-state index in [1.54, 1.807) is 0 Å². The van der Waals surface area contributed by atoms with Crippen LogP contribution in [0.4, 0.5) is 0 Å². The molecule has 0 saturated heterocycles. The number of carboxylic acid groups (broad SMARTS) is 1. The smallest absolute Gasteiger partial charge is 0.326 e. The highest BCUT2D eigenvalue weighted by Crippen LogP contribution is 2.15. The minimum absolute atomic E-state index is 0.0102. The van der Waals surface area contributed by atoms with E-state index in [9.17, 15) is 19.5 Å². The van der Waals surface area contributed by atoms with Gasteiger partial charge in [-0.3, -0.25) is 9.59 Å². The average molecular weight is 429 g/mol. The molecule has 30 heavy (non-hydrogen) atoms. The first kappa shape index (κ1) is 28.4. The Hall–Kier alpha value is -1.63. The van der Waals surface area contributed by atoms with E-state index < -0.39 is 30.0 Å². The standard InChI is InChI=1S/C23H44N2O5/c1-3-4-5-6-7-8-9-10-11-12-13-15-20(30-19(2)26)18-22(27)25-21(23(28)29)16-14-17-24/h20-21H,3-18,24H2,1-2H3,(H,25,27)(H,28,29)/t20-,21+/m1/s1.